The largest absolute Gasteiger partial charge is 0.489 e. The first-order chi connectivity index (χ1) is 12.2. The van der Waals surface area contributed by atoms with E-state index in [2.05, 4.69) is 0 Å². The first-order valence-electron chi connectivity index (χ1n) is 8.34. The molecule has 5 heteroatoms. The number of likely N-dealkylation sites (tertiary alicyclic amines) is 1. The molecular weight excluding hydrogens is 318 g/mol. The van der Waals surface area contributed by atoms with Gasteiger partial charge < -0.3 is 14.4 Å². The van der Waals surface area contributed by atoms with Crippen molar-refractivity contribution in [2.75, 3.05) is 13.7 Å². The number of ether oxygens (including phenoxy) is 2. The van der Waals surface area contributed by atoms with Crippen molar-refractivity contribution in [3.05, 3.63) is 65.7 Å². The predicted octanol–water partition coefficient (Wildman–Crippen LogP) is 3.04. The Balaban J connectivity index is 1.63. The van der Waals surface area contributed by atoms with Gasteiger partial charge in [0.2, 0.25) is 0 Å². The standard InChI is InChI=1S/C20H21NO4/c1-24-20(23)18-8-5-13-21(18)19(22)16-9-11-17(12-10-16)25-14-15-6-3-2-4-7-15/h2-4,6-7,9-12,18H,5,8,13-14H2,1H3. The molecule has 1 heterocycles. The molecule has 0 aliphatic carbocycles. The molecule has 1 fully saturated rings. The molecule has 1 atom stereocenters. The number of benzene rings is 2. The first-order valence-corrected chi connectivity index (χ1v) is 8.34. The van der Waals surface area contributed by atoms with E-state index in [0.29, 0.717) is 30.9 Å². The van der Waals surface area contributed by atoms with Crippen LogP contribution in [0.25, 0.3) is 0 Å². The number of hydrogen-bond acceptors (Lipinski definition) is 4. The molecule has 1 saturated heterocycles. The summed E-state index contributed by atoms with van der Waals surface area (Å²) in [6, 6.07) is 16.4. The maximum absolute atomic E-state index is 12.6. The van der Waals surface area contributed by atoms with Gasteiger partial charge in [0.05, 0.1) is 7.11 Å². The lowest BCUT2D eigenvalue weighted by molar-refractivity contribution is -0.145. The molecule has 0 saturated carbocycles. The number of carbonyl (C=O) groups is 2. The highest BCUT2D eigenvalue weighted by atomic mass is 16.5. The van der Waals surface area contributed by atoms with Gasteiger partial charge in [0.15, 0.2) is 0 Å². The van der Waals surface area contributed by atoms with Gasteiger partial charge in [0, 0.05) is 12.1 Å². The van der Waals surface area contributed by atoms with Crippen molar-refractivity contribution in [3.63, 3.8) is 0 Å². The Kier molecular flexibility index (Phi) is 5.33. The Labute approximate surface area is 147 Å². The average Bonchev–Trinajstić information content (AvgIpc) is 3.16. The van der Waals surface area contributed by atoms with Crippen LogP contribution in [0, 0.1) is 0 Å². The molecule has 0 radical (unpaired) electrons. The van der Waals surface area contributed by atoms with Gasteiger partial charge in [0.1, 0.15) is 18.4 Å². The minimum atomic E-state index is -0.480. The molecule has 0 spiro atoms. The number of methoxy groups -OCH3 is 1. The van der Waals surface area contributed by atoms with Crippen LogP contribution in [0.1, 0.15) is 28.8 Å². The van der Waals surface area contributed by atoms with Gasteiger partial charge in [-0.15, -0.1) is 0 Å². The van der Waals surface area contributed by atoms with Gasteiger partial charge in [-0.1, -0.05) is 30.3 Å². The van der Waals surface area contributed by atoms with E-state index in [1.54, 1.807) is 29.2 Å². The summed E-state index contributed by atoms with van der Waals surface area (Å²) in [5.41, 5.74) is 1.63. The van der Waals surface area contributed by atoms with Crippen LogP contribution < -0.4 is 4.74 Å². The van der Waals surface area contributed by atoms with Gasteiger partial charge in [0.25, 0.3) is 5.91 Å². The molecule has 3 rings (SSSR count). The Morgan fingerprint density at radius 2 is 1.80 bits per heavy atom. The van der Waals surface area contributed by atoms with Gasteiger partial charge in [-0.25, -0.2) is 4.79 Å². The van der Waals surface area contributed by atoms with E-state index in [-0.39, 0.29) is 11.9 Å². The summed E-state index contributed by atoms with van der Waals surface area (Å²) in [6.07, 6.45) is 1.46. The zero-order valence-corrected chi connectivity index (χ0v) is 14.2. The average molecular weight is 339 g/mol. The third-order valence-electron chi connectivity index (χ3n) is 4.34. The molecule has 5 nitrogen and oxygen atoms in total. The molecule has 25 heavy (non-hydrogen) atoms. The van der Waals surface area contributed by atoms with E-state index in [1.807, 2.05) is 30.3 Å². The summed E-state index contributed by atoms with van der Waals surface area (Å²) in [4.78, 5) is 26.0. The third kappa shape index (κ3) is 3.99. The highest BCUT2D eigenvalue weighted by Gasteiger charge is 2.35. The lowest BCUT2D eigenvalue weighted by Gasteiger charge is -2.22. The molecule has 1 aliphatic rings. The van der Waals surface area contributed by atoms with Crippen molar-refractivity contribution < 1.29 is 19.1 Å². The van der Waals surface area contributed by atoms with Crippen molar-refractivity contribution in [3.8, 4) is 5.75 Å². The van der Waals surface area contributed by atoms with Gasteiger partial charge in [-0.05, 0) is 42.7 Å². The highest BCUT2D eigenvalue weighted by molar-refractivity contribution is 5.97. The number of hydrogen-bond donors (Lipinski definition) is 0. The summed E-state index contributed by atoms with van der Waals surface area (Å²) >= 11 is 0. The van der Waals surface area contributed by atoms with E-state index < -0.39 is 6.04 Å². The van der Waals surface area contributed by atoms with E-state index in [1.165, 1.54) is 7.11 Å². The molecule has 1 amide bonds. The van der Waals surface area contributed by atoms with E-state index in [0.717, 1.165) is 12.0 Å². The highest BCUT2D eigenvalue weighted by Crippen LogP contribution is 2.22. The fraction of sp³-hybridized carbons (Fsp3) is 0.300. The fourth-order valence-corrected chi connectivity index (χ4v) is 2.99. The second-order valence-corrected chi connectivity index (χ2v) is 5.98. The molecule has 2 aromatic carbocycles. The number of rotatable bonds is 5. The topological polar surface area (TPSA) is 55.8 Å². The van der Waals surface area contributed by atoms with Gasteiger partial charge >= 0.3 is 5.97 Å². The summed E-state index contributed by atoms with van der Waals surface area (Å²) in [6.45, 7) is 1.05. The van der Waals surface area contributed by atoms with Crippen molar-refractivity contribution >= 4 is 11.9 Å². The number of amides is 1. The Hall–Kier alpha value is -2.82. The minimum Gasteiger partial charge on any atom is -0.489 e. The molecule has 130 valence electrons. The molecule has 2 aromatic rings. The molecule has 1 unspecified atom stereocenters. The molecule has 0 aromatic heterocycles. The summed E-state index contributed by atoms with van der Waals surface area (Å²) < 4.78 is 10.5. The fourth-order valence-electron chi connectivity index (χ4n) is 2.99. The van der Waals surface area contributed by atoms with Crippen LogP contribution in [-0.2, 0) is 16.1 Å². The summed E-state index contributed by atoms with van der Waals surface area (Å²) in [5.74, 6) is 0.197. The lowest BCUT2D eigenvalue weighted by Crippen LogP contribution is -2.41. The first kappa shape index (κ1) is 17.0. The van der Waals surface area contributed by atoms with Crippen LogP contribution in [0.15, 0.2) is 54.6 Å². The molecule has 0 bridgehead atoms. The van der Waals surface area contributed by atoms with Crippen LogP contribution in [0.3, 0.4) is 0 Å². The monoisotopic (exact) mass is 339 g/mol. The summed E-state index contributed by atoms with van der Waals surface area (Å²) in [7, 11) is 1.35. The number of carbonyl (C=O) groups excluding carboxylic acids is 2. The minimum absolute atomic E-state index is 0.150. The molecule has 0 N–H and O–H groups in total. The Bertz CT molecular complexity index is 727. The normalized spacial score (nSPS) is 16.5. The second kappa shape index (κ2) is 7.83. The van der Waals surface area contributed by atoms with Crippen LogP contribution in [0.4, 0.5) is 0 Å². The van der Waals surface area contributed by atoms with Crippen LogP contribution in [-0.4, -0.2) is 36.5 Å². The SMILES string of the molecule is COC(=O)C1CCCN1C(=O)c1ccc(OCc2ccccc2)cc1. The maximum atomic E-state index is 12.6. The van der Waals surface area contributed by atoms with Crippen molar-refractivity contribution in [2.24, 2.45) is 0 Å². The van der Waals surface area contributed by atoms with Crippen molar-refractivity contribution in [2.45, 2.75) is 25.5 Å². The van der Waals surface area contributed by atoms with E-state index in [9.17, 15) is 9.59 Å². The Morgan fingerprint density at radius 3 is 2.48 bits per heavy atom. The lowest BCUT2D eigenvalue weighted by atomic mass is 10.1. The quantitative estimate of drug-likeness (QED) is 0.786. The molecule has 1 aliphatic heterocycles. The zero-order valence-electron chi connectivity index (χ0n) is 14.2. The van der Waals surface area contributed by atoms with Gasteiger partial charge in [-0.3, -0.25) is 4.79 Å². The van der Waals surface area contributed by atoms with Crippen LogP contribution in [0.5, 0.6) is 5.75 Å². The van der Waals surface area contributed by atoms with Crippen LogP contribution in [0.2, 0.25) is 0 Å². The predicted molar refractivity (Wildman–Crippen MR) is 93.3 cm³/mol. The zero-order chi connectivity index (χ0) is 17.6. The number of esters is 1. The van der Waals surface area contributed by atoms with Crippen molar-refractivity contribution in [1.29, 1.82) is 0 Å². The smallest absolute Gasteiger partial charge is 0.328 e. The van der Waals surface area contributed by atoms with E-state index >= 15 is 0 Å². The number of nitrogens with zero attached hydrogens (tertiary/aromatic N) is 1. The Morgan fingerprint density at radius 1 is 1.08 bits per heavy atom. The molecular formula is C20H21NO4. The third-order valence-corrected chi connectivity index (χ3v) is 4.34. The van der Waals surface area contributed by atoms with Crippen LogP contribution >= 0.6 is 0 Å². The maximum Gasteiger partial charge on any atom is 0.328 e. The van der Waals surface area contributed by atoms with Gasteiger partial charge in [-0.2, -0.15) is 0 Å². The second-order valence-electron chi connectivity index (χ2n) is 5.98. The van der Waals surface area contributed by atoms with Crippen molar-refractivity contribution in [1.82, 2.24) is 4.90 Å². The summed E-state index contributed by atoms with van der Waals surface area (Å²) in [5, 5.41) is 0. The van der Waals surface area contributed by atoms with E-state index in [4.69, 9.17) is 9.47 Å².